The van der Waals surface area contributed by atoms with E-state index >= 15 is 0 Å². The van der Waals surface area contributed by atoms with E-state index in [0.717, 1.165) is 23.0 Å². The molecule has 0 aromatic heterocycles. The van der Waals surface area contributed by atoms with Crippen LogP contribution in [0, 0.1) is 0 Å². The zero-order chi connectivity index (χ0) is 24.5. The molecule has 0 unspecified atom stereocenters. The summed E-state index contributed by atoms with van der Waals surface area (Å²) >= 11 is 0. The summed E-state index contributed by atoms with van der Waals surface area (Å²) in [4.78, 5) is 21.6. The summed E-state index contributed by atoms with van der Waals surface area (Å²) < 4.78 is 0. The van der Waals surface area contributed by atoms with E-state index in [1.54, 1.807) is 24.3 Å². The van der Waals surface area contributed by atoms with Gasteiger partial charge in [0.05, 0.1) is 0 Å². The van der Waals surface area contributed by atoms with Crippen molar-refractivity contribution in [2.24, 2.45) is 0 Å². The van der Waals surface area contributed by atoms with E-state index < -0.39 is 0 Å². The first-order chi connectivity index (χ1) is 15.8. The van der Waals surface area contributed by atoms with Crippen molar-refractivity contribution < 1.29 is 9.59 Å². The van der Waals surface area contributed by atoms with Crippen LogP contribution in [0.3, 0.4) is 0 Å². The number of aldehydes is 1. The van der Waals surface area contributed by atoms with Gasteiger partial charge in [0, 0.05) is 5.56 Å². The molecule has 0 heterocycles. The molecule has 0 radical (unpaired) electrons. The zero-order valence-electron chi connectivity index (χ0n) is 20.4. The molecule has 0 spiro atoms. The Balaban J connectivity index is 0. The van der Waals surface area contributed by atoms with Crippen molar-refractivity contribution in [3.8, 4) is 0 Å². The highest BCUT2D eigenvalue weighted by atomic mass is 16.1. The minimum absolute atomic E-state index is 0.0114. The van der Waals surface area contributed by atoms with Gasteiger partial charge in [0.25, 0.3) is 0 Å². The summed E-state index contributed by atoms with van der Waals surface area (Å²) in [7, 11) is 0. The molecule has 0 atom stereocenters. The normalized spacial score (nSPS) is 8.94. The van der Waals surface area contributed by atoms with Crippen LogP contribution < -0.4 is 0 Å². The number of allylic oxidation sites excluding steroid dienone is 2. The summed E-state index contributed by atoms with van der Waals surface area (Å²) in [6.07, 6.45) is 7.62. The van der Waals surface area contributed by atoms with Crippen LogP contribution in [0.2, 0.25) is 0 Å². The molecule has 0 amide bonds. The number of carbonyl (C=O) groups excluding carboxylic acids is 2. The summed E-state index contributed by atoms with van der Waals surface area (Å²) in [6.45, 7) is 12.0. The molecular formula is C30H38O2. The third-order valence-corrected chi connectivity index (χ3v) is 3.41. The molecule has 3 rings (SSSR count). The molecular weight excluding hydrogens is 392 g/mol. The van der Waals surface area contributed by atoms with Gasteiger partial charge in [0.15, 0.2) is 5.78 Å². The molecule has 0 bridgehead atoms. The van der Waals surface area contributed by atoms with Crippen molar-refractivity contribution in [2.45, 2.75) is 41.5 Å². The lowest BCUT2D eigenvalue weighted by Gasteiger charge is -1.91. The minimum Gasteiger partial charge on any atom is -0.298 e. The predicted octanol–water partition coefficient (Wildman–Crippen LogP) is 8.56. The highest BCUT2D eigenvalue weighted by Gasteiger charge is 1.90. The van der Waals surface area contributed by atoms with E-state index in [-0.39, 0.29) is 5.78 Å². The summed E-state index contributed by atoms with van der Waals surface area (Å²) in [5, 5.41) is 0. The first-order valence-corrected chi connectivity index (χ1v) is 11.3. The van der Waals surface area contributed by atoms with E-state index in [1.165, 1.54) is 0 Å². The number of carbonyl (C=O) groups is 2. The monoisotopic (exact) mass is 430 g/mol. The lowest BCUT2D eigenvalue weighted by atomic mass is 10.1. The van der Waals surface area contributed by atoms with Crippen molar-refractivity contribution in [3.63, 3.8) is 0 Å². The fourth-order valence-corrected chi connectivity index (χ4v) is 2.07. The fourth-order valence-electron chi connectivity index (χ4n) is 2.07. The molecule has 3 aromatic carbocycles. The van der Waals surface area contributed by atoms with Crippen LogP contribution in [-0.2, 0) is 4.79 Å². The molecule has 0 saturated carbocycles. The maximum atomic E-state index is 11.6. The van der Waals surface area contributed by atoms with Crippen LogP contribution in [0.1, 0.15) is 63.0 Å². The van der Waals surface area contributed by atoms with Crippen molar-refractivity contribution in [2.75, 3.05) is 0 Å². The number of hydrogen-bond acceptors (Lipinski definition) is 2. The third-order valence-electron chi connectivity index (χ3n) is 3.41. The van der Waals surface area contributed by atoms with Gasteiger partial charge in [-0.1, -0.05) is 145 Å². The average Bonchev–Trinajstić information content (AvgIpc) is 2.92. The first-order valence-electron chi connectivity index (χ1n) is 11.3. The van der Waals surface area contributed by atoms with Gasteiger partial charge in [0.2, 0.25) is 0 Å². The number of ketones is 1. The molecule has 3 aromatic rings. The van der Waals surface area contributed by atoms with Gasteiger partial charge in [-0.15, -0.1) is 0 Å². The van der Waals surface area contributed by atoms with Gasteiger partial charge in [-0.3, -0.25) is 9.59 Å². The molecule has 2 heteroatoms. The van der Waals surface area contributed by atoms with Crippen LogP contribution in [-0.4, -0.2) is 12.1 Å². The predicted molar refractivity (Wildman–Crippen MR) is 142 cm³/mol. The first kappa shape index (κ1) is 30.7. The van der Waals surface area contributed by atoms with Crippen LogP contribution in [0.25, 0.3) is 12.2 Å². The van der Waals surface area contributed by atoms with Crippen LogP contribution in [0.5, 0.6) is 0 Å². The number of benzene rings is 3. The number of rotatable bonds is 5. The smallest absolute Gasteiger partial charge is 0.178 e. The Labute approximate surface area is 195 Å². The lowest BCUT2D eigenvalue weighted by molar-refractivity contribution is -0.110. The van der Waals surface area contributed by atoms with E-state index in [9.17, 15) is 9.59 Å². The third kappa shape index (κ3) is 16.3. The molecule has 0 aliphatic rings. The van der Waals surface area contributed by atoms with Gasteiger partial charge >= 0.3 is 0 Å². The van der Waals surface area contributed by atoms with Crippen molar-refractivity contribution in [1.29, 1.82) is 0 Å². The highest BCUT2D eigenvalue weighted by Crippen LogP contribution is 2.03. The quantitative estimate of drug-likeness (QED) is 0.300. The largest absolute Gasteiger partial charge is 0.298 e. The molecule has 0 N–H and O–H groups in total. The Morgan fingerprint density at radius 3 is 1.03 bits per heavy atom. The molecule has 0 aliphatic heterocycles. The second kappa shape index (κ2) is 23.8. The van der Waals surface area contributed by atoms with E-state index in [2.05, 4.69) is 0 Å². The lowest BCUT2D eigenvalue weighted by Crippen LogP contribution is -1.84. The van der Waals surface area contributed by atoms with Crippen molar-refractivity contribution >= 4 is 24.2 Å². The van der Waals surface area contributed by atoms with E-state index in [4.69, 9.17) is 0 Å². The minimum atomic E-state index is -0.0114. The molecule has 32 heavy (non-hydrogen) atoms. The van der Waals surface area contributed by atoms with Gasteiger partial charge in [0.1, 0.15) is 6.29 Å². The Morgan fingerprint density at radius 2 is 0.781 bits per heavy atom. The summed E-state index contributed by atoms with van der Waals surface area (Å²) in [6, 6.07) is 28.6. The SMILES string of the molecule is CC.CC.CC.O=C(/C=C/c1ccccc1)/C=C/c1ccccc1.O=Cc1ccccc1. The molecule has 0 fully saturated rings. The van der Waals surface area contributed by atoms with E-state index in [0.29, 0.717) is 0 Å². The molecule has 0 saturated heterocycles. The highest BCUT2D eigenvalue weighted by molar-refractivity contribution is 6.04. The maximum Gasteiger partial charge on any atom is 0.178 e. The van der Waals surface area contributed by atoms with Gasteiger partial charge in [-0.2, -0.15) is 0 Å². The van der Waals surface area contributed by atoms with Crippen LogP contribution in [0.4, 0.5) is 0 Å². The maximum absolute atomic E-state index is 11.6. The second-order valence-corrected chi connectivity index (χ2v) is 5.42. The van der Waals surface area contributed by atoms with Crippen LogP contribution >= 0.6 is 0 Å². The molecule has 2 nitrogen and oxygen atoms in total. The topological polar surface area (TPSA) is 34.1 Å². The van der Waals surface area contributed by atoms with Gasteiger partial charge in [-0.05, 0) is 23.3 Å². The van der Waals surface area contributed by atoms with Crippen LogP contribution in [0.15, 0.2) is 103 Å². The molecule has 170 valence electrons. The standard InChI is InChI=1S/C17H14O.C7H6O.3C2H6/c18-17(13-11-15-7-3-1-4-8-15)14-12-16-9-5-2-6-10-16;8-6-7-4-2-1-3-5-7;3*1-2/h1-14H;1-6H;3*1-2H3/b13-11+,14-12+;;;;. The zero-order valence-corrected chi connectivity index (χ0v) is 20.4. The van der Waals surface area contributed by atoms with E-state index in [1.807, 2.05) is 133 Å². The Bertz CT molecular complexity index is 798. The molecule has 0 aliphatic carbocycles. The van der Waals surface area contributed by atoms with Crippen molar-refractivity contribution in [3.05, 3.63) is 120 Å². The second-order valence-electron chi connectivity index (χ2n) is 5.42. The average molecular weight is 431 g/mol. The Hall–Kier alpha value is -3.52. The summed E-state index contributed by atoms with van der Waals surface area (Å²) in [5.41, 5.74) is 2.78. The summed E-state index contributed by atoms with van der Waals surface area (Å²) in [5.74, 6) is -0.0114. The Kier molecular flexibility index (Phi) is 22.8. The van der Waals surface area contributed by atoms with Crippen molar-refractivity contribution in [1.82, 2.24) is 0 Å². The number of hydrogen-bond donors (Lipinski definition) is 0. The van der Waals surface area contributed by atoms with Gasteiger partial charge in [-0.25, -0.2) is 0 Å². The fraction of sp³-hybridized carbons (Fsp3) is 0.200. The van der Waals surface area contributed by atoms with Gasteiger partial charge < -0.3 is 0 Å². The Morgan fingerprint density at radius 1 is 0.500 bits per heavy atom.